The molecule has 0 radical (unpaired) electrons. The molecule has 0 amide bonds. The van der Waals surface area contributed by atoms with Crippen LogP contribution in [0.2, 0.25) is 0 Å². The largest absolute Gasteiger partial charge is 0.472 e. The summed E-state index contributed by atoms with van der Waals surface area (Å²) in [5.41, 5.74) is 5.92. The van der Waals surface area contributed by atoms with Crippen LogP contribution in [-0.2, 0) is 4.74 Å². The molecule has 3 aliphatic rings. The molecule has 5 heteroatoms. The predicted molar refractivity (Wildman–Crippen MR) is 114 cm³/mol. The van der Waals surface area contributed by atoms with Crippen LogP contribution in [0.4, 0.5) is 5.69 Å². The third-order valence-corrected chi connectivity index (χ3v) is 6.55. The van der Waals surface area contributed by atoms with Crippen molar-refractivity contribution in [3.05, 3.63) is 65.9 Å². The minimum atomic E-state index is -0.142. The van der Waals surface area contributed by atoms with Gasteiger partial charge in [-0.3, -0.25) is 9.67 Å². The Hall–Kier alpha value is -2.82. The Kier molecular flexibility index (Phi) is 3.89. The molecule has 0 saturated heterocycles. The number of rotatable bonds is 4. The lowest BCUT2D eigenvalue weighted by Crippen LogP contribution is -2.21. The van der Waals surface area contributed by atoms with Crippen LogP contribution in [0.25, 0.3) is 10.9 Å². The van der Waals surface area contributed by atoms with Crippen molar-refractivity contribution in [3.63, 3.8) is 0 Å². The molecule has 1 aliphatic heterocycles. The van der Waals surface area contributed by atoms with E-state index in [1.54, 1.807) is 0 Å². The normalized spacial score (nSPS) is 22.0. The number of aryl methyl sites for hydroxylation is 1. The van der Waals surface area contributed by atoms with Crippen LogP contribution < -0.4 is 4.90 Å². The van der Waals surface area contributed by atoms with E-state index in [9.17, 15) is 0 Å². The molecule has 0 bridgehead atoms. The zero-order valence-electron chi connectivity index (χ0n) is 16.8. The molecule has 6 rings (SSSR count). The van der Waals surface area contributed by atoms with E-state index >= 15 is 0 Å². The van der Waals surface area contributed by atoms with Crippen molar-refractivity contribution < 1.29 is 4.74 Å². The number of ether oxygens (including phenoxy) is 1. The Bertz CT molecular complexity index is 1090. The van der Waals surface area contributed by atoms with Crippen molar-refractivity contribution >= 4 is 16.6 Å². The van der Waals surface area contributed by atoms with Crippen molar-refractivity contribution in [3.8, 4) is 0 Å². The molecule has 1 aromatic carbocycles. The summed E-state index contributed by atoms with van der Waals surface area (Å²) in [6, 6.07) is 9.37. The fourth-order valence-corrected chi connectivity index (χ4v) is 4.88. The molecule has 1 atom stereocenters. The number of anilines is 1. The Morgan fingerprint density at radius 2 is 1.93 bits per heavy atom. The molecule has 29 heavy (non-hydrogen) atoms. The summed E-state index contributed by atoms with van der Waals surface area (Å²) in [6.07, 6.45) is 15.5. The van der Waals surface area contributed by atoms with Crippen molar-refractivity contribution in [2.24, 2.45) is 0 Å². The lowest BCUT2D eigenvalue weighted by molar-refractivity contribution is 0.174. The second-order valence-electron chi connectivity index (χ2n) is 8.70. The monoisotopic (exact) mass is 386 g/mol. The summed E-state index contributed by atoms with van der Waals surface area (Å²) in [4.78, 5) is 6.61. The number of fused-ring (bicyclic) bond motifs is 1. The van der Waals surface area contributed by atoms with Gasteiger partial charge in [-0.1, -0.05) is 12.8 Å². The quantitative estimate of drug-likeness (QED) is 0.573. The zero-order valence-corrected chi connectivity index (χ0v) is 16.8. The van der Waals surface area contributed by atoms with Gasteiger partial charge in [-0.15, -0.1) is 0 Å². The fourth-order valence-electron chi connectivity index (χ4n) is 4.88. The highest BCUT2D eigenvalue weighted by molar-refractivity contribution is 5.85. The van der Waals surface area contributed by atoms with Gasteiger partial charge in [0.1, 0.15) is 6.26 Å². The maximum atomic E-state index is 6.01. The van der Waals surface area contributed by atoms with Gasteiger partial charge in [-0.05, 0) is 68.4 Å². The Balaban J connectivity index is 1.43. The molecule has 5 nitrogen and oxygen atoms in total. The average molecular weight is 386 g/mol. The van der Waals surface area contributed by atoms with E-state index in [0.29, 0.717) is 12.0 Å². The molecule has 2 saturated carbocycles. The van der Waals surface area contributed by atoms with Crippen molar-refractivity contribution in [1.82, 2.24) is 14.8 Å². The van der Waals surface area contributed by atoms with Gasteiger partial charge in [-0.2, -0.15) is 5.10 Å². The number of pyridine rings is 1. The van der Waals surface area contributed by atoms with E-state index in [0.717, 1.165) is 16.8 Å². The van der Waals surface area contributed by atoms with Crippen LogP contribution in [0.1, 0.15) is 73.5 Å². The summed E-state index contributed by atoms with van der Waals surface area (Å²) in [7, 11) is 0. The highest BCUT2D eigenvalue weighted by Gasteiger charge is 2.33. The molecule has 0 spiro atoms. The lowest BCUT2D eigenvalue weighted by Gasteiger charge is -2.27. The first kappa shape index (κ1) is 17.1. The smallest absolute Gasteiger partial charge is 0.201 e. The van der Waals surface area contributed by atoms with E-state index in [1.807, 2.05) is 25.4 Å². The molecule has 3 heterocycles. The Labute approximate surface area is 171 Å². The summed E-state index contributed by atoms with van der Waals surface area (Å²) >= 11 is 0. The molecule has 2 aliphatic carbocycles. The first-order valence-electron chi connectivity index (χ1n) is 10.8. The van der Waals surface area contributed by atoms with Crippen LogP contribution in [0, 0.1) is 6.92 Å². The molecular weight excluding hydrogens is 360 g/mol. The molecule has 148 valence electrons. The average Bonchev–Trinajstić information content (AvgIpc) is 3.15. The number of benzene rings is 1. The standard InChI is InChI=1S/C24H26N4O/c1-16-12-18(8-9-25-16)24-27(10-11-29-24)23-13-19-15-28(20-4-2-3-5-20)26-22(19)14-21(23)17-6-7-17/h8-15,17,20,24H,2-7H2,1H3. The minimum Gasteiger partial charge on any atom is -0.472 e. The molecule has 1 unspecified atom stereocenters. The highest BCUT2D eigenvalue weighted by Crippen LogP contribution is 2.48. The molecule has 2 fully saturated rings. The first-order valence-corrected chi connectivity index (χ1v) is 10.8. The van der Waals surface area contributed by atoms with E-state index in [2.05, 4.69) is 45.2 Å². The van der Waals surface area contributed by atoms with Gasteiger partial charge in [0.25, 0.3) is 0 Å². The first-order chi connectivity index (χ1) is 14.3. The Morgan fingerprint density at radius 1 is 1.07 bits per heavy atom. The van der Waals surface area contributed by atoms with Gasteiger partial charge < -0.3 is 9.64 Å². The molecule has 0 N–H and O–H groups in total. The van der Waals surface area contributed by atoms with Crippen LogP contribution in [0.5, 0.6) is 0 Å². The summed E-state index contributed by atoms with van der Waals surface area (Å²) in [5, 5.41) is 6.19. The Morgan fingerprint density at radius 3 is 2.72 bits per heavy atom. The summed E-state index contributed by atoms with van der Waals surface area (Å²) < 4.78 is 8.23. The number of aromatic nitrogens is 3. The van der Waals surface area contributed by atoms with Gasteiger partial charge in [0.2, 0.25) is 6.23 Å². The lowest BCUT2D eigenvalue weighted by atomic mass is 10.0. The SMILES string of the molecule is Cc1cc(C2OC=CN2c2cc3cn(C4CCCC4)nc3cc2C2CC2)ccn1. The van der Waals surface area contributed by atoms with Crippen LogP contribution in [-0.4, -0.2) is 14.8 Å². The van der Waals surface area contributed by atoms with Crippen LogP contribution in [0.3, 0.4) is 0 Å². The molecule has 3 aromatic rings. The van der Waals surface area contributed by atoms with Gasteiger partial charge >= 0.3 is 0 Å². The second-order valence-corrected chi connectivity index (χ2v) is 8.70. The van der Waals surface area contributed by atoms with Gasteiger partial charge in [0, 0.05) is 40.9 Å². The van der Waals surface area contributed by atoms with E-state index in [1.165, 1.54) is 55.2 Å². The second kappa shape index (κ2) is 6.61. The number of hydrogen-bond donors (Lipinski definition) is 0. The van der Waals surface area contributed by atoms with E-state index < -0.39 is 0 Å². The topological polar surface area (TPSA) is 43.2 Å². The third-order valence-electron chi connectivity index (χ3n) is 6.55. The molecular formula is C24H26N4O. The van der Waals surface area contributed by atoms with Crippen LogP contribution >= 0.6 is 0 Å². The summed E-state index contributed by atoms with van der Waals surface area (Å²) in [5.74, 6) is 0.639. The van der Waals surface area contributed by atoms with Gasteiger partial charge in [-0.25, -0.2) is 0 Å². The predicted octanol–water partition coefficient (Wildman–Crippen LogP) is 5.74. The van der Waals surface area contributed by atoms with Crippen molar-refractivity contribution in [1.29, 1.82) is 0 Å². The zero-order chi connectivity index (χ0) is 19.4. The van der Waals surface area contributed by atoms with Gasteiger partial charge in [0.15, 0.2) is 0 Å². The minimum absolute atomic E-state index is 0.142. The van der Waals surface area contributed by atoms with E-state index in [4.69, 9.17) is 9.84 Å². The number of nitrogens with zero attached hydrogens (tertiary/aromatic N) is 4. The third kappa shape index (κ3) is 3.00. The van der Waals surface area contributed by atoms with Gasteiger partial charge in [0.05, 0.1) is 11.6 Å². The van der Waals surface area contributed by atoms with Crippen LogP contribution in [0.15, 0.2) is 49.1 Å². The molecule has 2 aromatic heterocycles. The summed E-state index contributed by atoms with van der Waals surface area (Å²) in [6.45, 7) is 2.02. The maximum absolute atomic E-state index is 6.01. The number of hydrogen-bond acceptors (Lipinski definition) is 4. The van der Waals surface area contributed by atoms with E-state index in [-0.39, 0.29) is 6.23 Å². The van der Waals surface area contributed by atoms with Crippen molar-refractivity contribution in [2.45, 2.75) is 63.6 Å². The maximum Gasteiger partial charge on any atom is 0.201 e. The van der Waals surface area contributed by atoms with Crippen molar-refractivity contribution in [2.75, 3.05) is 4.90 Å². The highest BCUT2D eigenvalue weighted by atomic mass is 16.5. The fraction of sp³-hybridized carbons (Fsp3) is 0.417.